The number of hydrogen-bond acceptors (Lipinski definition) is 1. The zero-order chi connectivity index (χ0) is 10.3. The molecular formula is C12H15FO. The third-order valence-corrected chi connectivity index (χ3v) is 3.25. The minimum Gasteiger partial charge on any atom is -0.385 e. The lowest BCUT2D eigenvalue weighted by Crippen LogP contribution is -2.26. The van der Waals surface area contributed by atoms with E-state index in [1.807, 2.05) is 0 Å². The van der Waals surface area contributed by atoms with Crippen LogP contribution in [-0.4, -0.2) is 5.11 Å². The first-order chi connectivity index (χ1) is 6.53. The average Bonchev–Trinajstić information content (AvgIpc) is 2.84. The zero-order valence-electron chi connectivity index (χ0n) is 8.50. The fraction of sp³-hybridized carbons (Fsp3) is 0.500. The van der Waals surface area contributed by atoms with Gasteiger partial charge >= 0.3 is 0 Å². The van der Waals surface area contributed by atoms with Crippen LogP contribution in [0.5, 0.6) is 0 Å². The highest BCUT2D eigenvalue weighted by atomic mass is 19.1. The molecule has 0 spiro atoms. The van der Waals surface area contributed by atoms with Gasteiger partial charge in [-0.25, -0.2) is 4.39 Å². The van der Waals surface area contributed by atoms with Crippen LogP contribution in [0.3, 0.4) is 0 Å². The van der Waals surface area contributed by atoms with Gasteiger partial charge < -0.3 is 5.11 Å². The average molecular weight is 194 g/mol. The van der Waals surface area contributed by atoms with Gasteiger partial charge in [0.25, 0.3) is 0 Å². The van der Waals surface area contributed by atoms with Crippen LogP contribution < -0.4 is 0 Å². The number of benzene rings is 1. The van der Waals surface area contributed by atoms with E-state index in [0.717, 1.165) is 6.42 Å². The molecule has 2 heteroatoms. The highest BCUT2D eigenvalue weighted by molar-refractivity contribution is 5.26. The lowest BCUT2D eigenvalue weighted by molar-refractivity contribution is 0.0248. The first-order valence-electron chi connectivity index (χ1n) is 5.01. The lowest BCUT2D eigenvalue weighted by atomic mass is 9.89. The Hall–Kier alpha value is -0.890. The Morgan fingerprint density at radius 1 is 1.43 bits per heavy atom. The van der Waals surface area contributed by atoms with E-state index in [4.69, 9.17) is 0 Å². The number of aliphatic hydroxyl groups is 1. The van der Waals surface area contributed by atoms with Crippen molar-refractivity contribution in [3.63, 3.8) is 0 Å². The summed E-state index contributed by atoms with van der Waals surface area (Å²) in [6.45, 7) is 3.79. The molecule has 14 heavy (non-hydrogen) atoms. The van der Waals surface area contributed by atoms with Crippen LogP contribution in [0.15, 0.2) is 24.3 Å². The Kier molecular flexibility index (Phi) is 2.11. The van der Waals surface area contributed by atoms with E-state index >= 15 is 0 Å². The van der Waals surface area contributed by atoms with Gasteiger partial charge in [-0.05, 0) is 31.2 Å². The fourth-order valence-corrected chi connectivity index (χ4v) is 2.18. The molecule has 2 rings (SSSR count). The van der Waals surface area contributed by atoms with Crippen molar-refractivity contribution in [1.82, 2.24) is 0 Å². The molecule has 1 aliphatic rings. The first-order valence-corrected chi connectivity index (χ1v) is 5.01. The van der Waals surface area contributed by atoms with E-state index in [0.29, 0.717) is 11.5 Å². The van der Waals surface area contributed by atoms with Gasteiger partial charge in [0.2, 0.25) is 0 Å². The molecule has 0 saturated heterocycles. The second-order valence-corrected chi connectivity index (χ2v) is 4.45. The van der Waals surface area contributed by atoms with Crippen molar-refractivity contribution in [2.24, 2.45) is 11.8 Å². The molecule has 1 nitrogen and oxygen atoms in total. The summed E-state index contributed by atoms with van der Waals surface area (Å²) in [5.41, 5.74) is -0.584. The summed E-state index contributed by atoms with van der Waals surface area (Å²) in [5.74, 6) is 0.403. The van der Waals surface area contributed by atoms with Crippen LogP contribution in [0.25, 0.3) is 0 Å². The molecule has 3 atom stereocenters. The molecule has 76 valence electrons. The van der Waals surface area contributed by atoms with Gasteiger partial charge in [-0.3, -0.25) is 0 Å². The molecule has 0 radical (unpaired) electrons. The maximum Gasteiger partial charge on any atom is 0.129 e. The minimum absolute atomic E-state index is 0.208. The SMILES string of the molecule is CC1CC1C(C)(O)c1ccccc1F. The Morgan fingerprint density at radius 2 is 2.00 bits per heavy atom. The summed E-state index contributed by atoms with van der Waals surface area (Å²) in [7, 11) is 0. The van der Waals surface area contributed by atoms with Crippen molar-refractivity contribution in [2.45, 2.75) is 25.9 Å². The molecule has 3 unspecified atom stereocenters. The first kappa shape index (κ1) is 9.66. The molecule has 0 amide bonds. The van der Waals surface area contributed by atoms with Gasteiger partial charge in [0, 0.05) is 5.56 Å². The highest BCUT2D eigenvalue weighted by Gasteiger charge is 2.48. The zero-order valence-corrected chi connectivity index (χ0v) is 8.50. The van der Waals surface area contributed by atoms with E-state index in [1.54, 1.807) is 25.1 Å². The van der Waals surface area contributed by atoms with Gasteiger partial charge in [0.1, 0.15) is 5.82 Å². The van der Waals surface area contributed by atoms with Crippen molar-refractivity contribution in [3.05, 3.63) is 35.6 Å². The standard InChI is InChI=1S/C12H15FO/c1-8-7-10(8)12(2,14)9-5-3-4-6-11(9)13/h3-6,8,10,14H,7H2,1-2H3. The molecular weight excluding hydrogens is 179 g/mol. The highest BCUT2D eigenvalue weighted by Crippen LogP contribution is 2.50. The predicted molar refractivity (Wildman–Crippen MR) is 53.2 cm³/mol. The smallest absolute Gasteiger partial charge is 0.129 e. The third kappa shape index (κ3) is 1.44. The Labute approximate surface area is 83.6 Å². The third-order valence-electron chi connectivity index (χ3n) is 3.25. The van der Waals surface area contributed by atoms with Crippen molar-refractivity contribution in [2.75, 3.05) is 0 Å². The molecule has 1 fully saturated rings. The summed E-state index contributed by atoms with van der Waals surface area (Å²) in [5, 5.41) is 10.2. The monoisotopic (exact) mass is 194 g/mol. The van der Waals surface area contributed by atoms with Gasteiger partial charge in [0.15, 0.2) is 0 Å². The van der Waals surface area contributed by atoms with Crippen LogP contribution in [0.2, 0.25) is 0 Å². The Bertz CT molecular complexity index is 346. The molecule has 0 aliphatic heterocycles. The van der Waals surface area contributed by atoms with E-state index in [2.05, 4.69) is 6.92 Å². The van der Waals surface area contributed by atoms with E-state index in [9.17, 15) is 9.50 Å². The largest absolute Gasteiger partial charge is 0.385 e. The lowest BCUT2D eigenvalue weighted by Gasteiger charge is -2.24. The molecule has 0 heterocycles. The molecule has 1 aromatic rings. The second-order valence-electron chi connectivity index (χ2n) is 4.45. The van der Waals surface area contributed by atoms with Crippen LogP contribution >= 0.6 is 0 Å². The number of rotatable bonds is 2. The molecule has 1 N–H and O–H groups in total. The van der Waals surface area contributed by atoms with Gasteiger partial charge in [-0.1, -0.05) is 25.1 Å². The van der Waals surface area contributed by atoms with Gasteiger partial charge in [0.05, 0.1) is 5.60 Å². The molecule has 0 aromatic heterocycles. The fourth-order valence-electron chi connectivity index (χ4n) is 2.18. The van der Waals surface area contributed by atoms with E-state index in [1.165, 1.54) is 6.07 Å². The predicted octanol–water partition coefficient (Wildman–Crippen LogP) is 2.69. The van der Waals surface area contributed by atoms with Crippen molar-refractivity contribution < 1.29 is 9.50 Å². The Morgan fingerprint density at radius 3 is 2.50 bits per heavy atom. The second kappa shape index (κ2) is 3.06. The summed E-state index contributed by atoms with van der Waals surface area (Å²) in [6.07, 6.45) is 0.987. The summed E-state index contributed by atoms with van der Waals surface area (Å²) in [4.78, 5) is 0. The van der Waals surface area contributed by atoms with Crippen molar-refractivity contribution in [3.8, 4) is 0 Å². The van der Waals surface area contributed by atoms with Gasteiger partial charge in [-0.2, -0.15) is 0 Å². The molecule has 0 bridgehead atoms. The molecule has 1 saturated carbocycles. The van der Waals surface area contributed by atoms with Crippen molar-refractivity contribution in [1.29, 1.82) is 0 Å². The summed E-state index contributed by atoms with van der Waals surface area (Å²) < 4.78 is 13.4. The van der Waals surface area contributed by atoms with Gasteiger partial charge in [-0.15, -0.1) is 0 Å². The summed E-state index contributed by atoms with van der Waals surface area (Å²) in [6, 6.07) is 6.47. The molecule has 1 aliphatic carbocycles. The normalized spacial score (nSPS) is 29.7. The minimum atomic E-state index is -1.01. The van der Waals surface area contributed by atoms with Crippen molar-refractivity contribution >= 4 is 0 Å². The van der Waals surface area contributed by atoms with Crippen LogP contribution in [0.4, 0.5) is 4.39 Å². The Balaban J connectivity index is 2.34. The summed E-state index contributed by atoms with van der Waals surface area (Å²) >= 11 is 0. The number of hydrogen-bond donors (Lipinski definition) is 1. The quantitative estimate of drug-likeness (QED) is 0.767. The van der Waals surface area contributed by atoms with E-state index < -0.39 is 5.60 Å². The molecule has 1 aromatic carbocycles. The van der Waals surface area contributed by atoms with Crippen LogP contribution in [0, 0.1) is 17.7 Å². The topological polar surface area (TPSA) is 20.2 Å². The van der Waals surface area contributed by atoms with Crippen LogP contribution in [0.1, 0.15) is 25.8 Å². The maximum atomic E-state index is 13.4. The maximum absolute atomic E-state index is 13.4. The van der Waals surface area contributed by atoms with E-state index in [-0.39, 0.29) is 11.7 Å². The van der Waals surface area contributed by atoms with Crippen LogP contribution in [-0.2, 0) is 5.60 Å². The number of halogens is 1.